The summed E-state index contributed by atoms with van der Waals surface area (Å²) in [6.07, 6.45) is 15.6. The van der Waals surface area contributed by atoms with Gasteiger partial charge in [-0.05, 0) is 123 Å². The first-order valence-corrected chi connectivity index (χ1v) is 14.7. The first-order valence-electron chi connectivity index (χ1n) is 14.7. The van der Waals surface area contributed by atoms with Gasteiger partial charge in [0.25, 0.3) is 0 Å². The van der Waals surface area contributed by atoms with Crippen molar-refractivity contribution in [3.05, 3.63) is 0 Å². The van der Waals surface area contributed by atoms with E-state index in [0.29, 0.717) is 13.0 Å². The highest BCUT2D eigenvalue weighted by molar-refractivity contribution is 5.75. The van der Waals surface area contributed by atoms with Gasteiger partial charge in [0.05, 0.1) is 0 Å². The lowest BCUT2D eigenvalue weighted by Crippen LogP contribution is -2.39. The molecule has 0 atom stereocenters. The van der Waals surface area contributed by atoms with E-state index in [1.165, 1.54) is 84.1 Å². The fourth-order valence-corrected chi connectivity index (χ4v) is 5.62. The molecular formula is C28H55N5O2. The van der Waals surface area contributed by atoms with Gasteiger partial charge < -0.3 is 30.5 Å². The molecule has 3 N–H and O–H groups in total. The van der Waals surface area contributed by atoms with Crippen LogP contribution in [0, 0.1) is 11.8 Å². The molecule has 204 valence electrons. The molecule has 0 aromatic heterocycles. The number of piperidine rings is 2. The summed E-state index contributed by atoms with van der Waals surface area (Å²) in [5, 5.41) is 9.15. The summed E-state index contributed by atoms with van der Waals surface area (Å²) >= 11 is 0. The zero-order chi connectivity index (χ0) is 25.1. The Hall–Kier alpha value is -1.18. The third-order valence-electron chi connectivity index (χ3n) is 7.97. The van der Waals surface area contributed by atoms with Crippen molar-refractivity contribution in [1.82, 2.24) is 25.8 Å². The number of amides is 2. The predicted octanol–water partition coefficient (Wildman–Crippen LogP) is 4.03. The normalized spacial score (nSPS) is 18.6. The molecule has 35 heavy (non-hydrogen) atoms. The number of nitrogens with zero attached hydrogens (tertiary/aromatic N) is 2. The maximum Gasteiger partial charge on any atom is 0.314 e. The van der Waals surface area contributed by atoms with Gasteiger partial charge in [-0.15, -0.1) is 0 Å². The number of rotatable bonds is 18. The Morgan fingerprint density at radius 1 is 0.686 bits per heavy atom. The molecule has 7 heteroatoms. The molecule has 2 aliphatic heterocycles. The van der Waals surface area contributed by atoms with E-state index in [4.69, 9.17) is 0 Å². The van der Waals surface area contributed by atoms with Gasteiger partial charge in [-0.25, -0.2) is 4.79 Å². The maximum atomic E-state index is 11.9. The number of unbranched alkanes of at least 4 members (excludes halogenated alkanes) is 2. The summed E-state index contributed by atoms with van der Waals surface area (Å²) in [7, 11) is 2.04. The molecule has 0 bridgehead atoms. The minimum atomic E-state index is -0.0604. The average molecular weight is 494 g/mol. The molecule has 0 aromatic carbocycles. The lowest BCUT2D eigenvalue weighted by atomic mass is 9.87. The summed E-state index contributed by atoms with van der Waals surface area (Å²) in [5.41, 5.74) is 0. The van der Waals surface area contributed by atoms with E-state index in [1.807, 2.05) is 7.05 Å². The largest absolute Gasteiger partial charge is 0.338 e. The van der Waals surface area contributed by atoms with Crippen LogP contribution in [-0.4, -0.2) is 87.6 Å². The molecule has 2 heterocycles. The number of urea groups is 1. The van der Waals surface area contributed by atoms with Crippen molar-refractivity contribution in [2.24, 2.45) is 11.8 Å². The van der Waals surface area contributed by atoms with Crippen LogP contribution in [0.4, 0.5) is 4.79 Å². The van der Waals surface area contributed by atoms with E-state index in [-0.39, 0.29) is 11.8 Å². The number of likely N-dealkylation sites (tertiary alicyclic amines) is 2. The molecule has 2 fully saturated rings. The average Bonchev–Trinajstić information content (AvgIpc) is 2.86. The zero-order valence-electron chi connectivity index (χ0n) is 22.9. The number of hydrogen-bond donors (Lipinski definition) is 3. The fourth-order valence-electron chi connectivity index (χ4n) is 5.62. The number of carbonyl (C=O) groups is 2. The Balaban J connectivity index is 1.39. The third-order valence-corrected chi connectivity index (χ3v) is 7.97. The second-order valence-electron chi connectivity index (χ2n) is 11.0. The second kappa shape index (κ2) is 19.0. The van der Waals surface area contributed by atoms with Gasteiger partial charge in [-0.3, -0.25) is 0 Å². The van der Waals surface area contributed by atoms with Crippen molar-refractivity contribution < 1.29 is 9.59 Å². The van der Waals surface area contributed by atoms with Crippen LogP contribution in [0.15, 0.2) is 0 Å². The summed E-state index contributed by atoms with van der Waals surface area (Å²) in [6, 6.07) is -0.0604. The Labute approximate surface area is 215 Å². The van der Waals surface area contributed by atoms with Crippen LogP contribution >= 0.6 is 0 Å². The number of carbonyl (C=O) groups excluding carboxylic acids is 2. The first kappa shape index (κ1) is 30.0. The van der Waals surface area contributed by atoms with Crippen molar-refractivity contribution in [2.45, 2.75) is 90.4 Å². The Morgan fingerprint density at radius 2 is 1.20 bits per heavy atom. The molecule has 0 unspecified atom stereocenters. The van der Waals surface area contributed by atoms with Gasteiger partial charge in [-0.2, -0.15) is 0 Å². The molecular weight excluding hydrogens is 438 g/mol. The van der Waals surface area contributed by atoms with Crippen LogP contribution in [0.3, 0.4) is 0 Å². The van der Waals surface area contributed by atoms with Crippen LogP contribution in [0.25, 0.3) is 0 Å². The first-order chi connectivity index (χ1) is 17.1. The molecule has 0 saturated carbocycles. The lowest BCUT2D eigenvalue weighted by molar-refractivity contribution is -0.117. The standard InChI is InChI=1S/C28H55N5O2/c1-25(34)9-4-3-5-17-30-28(35)31-18-8-20-33-23-14-27(15-24-33)11-6-10-26-12-21-32(22-13-26)19-7-16-29-2/h26-27,29H,3-24H2,1-2H3,(H2,30,31,35). The Bertz CT molecular complexity index is 558. The summed E-state index contributed by atoms with van der Waals surface area (Å²) in [5.74, 6) is 2.14. The van der Waals surface area contributed by atoms with Crippen molar-refractivity contribution in [2.75, 3.05) is 66.0 Å². The highest BCUT2D eigenvalue weighted by atomic mass is 16.2. The van der Waals surface area contributed by atoms with E-state index in [0.717, 1.165) is 57.2 Å². The van der Waals surface area contributed by atoms with Crippen molar-refractivity contribution in [3.8, 4) is 0 Å². The minimum absolute atomic E-state index is 0.0604. The number of ketones is 1. The minimum Gasteiger partial charge on any atom is -0.338 e. The summed E-state index contributed by atoms with van der Waals surface area (Å²) in [4.78, 5) is 28.0. The van der Waals surface area contributed by atoms with Gasteiger partial charge in [0.1, 0.15) is 5.78 Å². The topological polar surface area (TPSA) is 76.7 Å². The van der Waals surface area contributed by atoms with Gasteiger partial charge in [0.15, 0.2) is 0 Å². The Kier molecular flexibility index (Phi) is 16.3. The van der Waals surface area contributed by atoms with E-state index in [2.05, 4.69) is 25.8 Å². The summed E-state index contributed by atoms with van der Waals surface area (Å²) < 4.78 is 0. The van der Waals surface area contributed by atoms with Crippen LogP contribution in [-0.2, 0) is 4.79 Å². The number of Topliss-reactive ketones (excluding diaryl/α,β-unsaturated/α-hetero) is 1. The van der Waals surface area contributed by atoms with Gasteiger partial charge in [0.2, 0.25) is 0 Å². The van der Waals surface area contributed by atoms with Gasteiger partial charge in [-0.1, -0.05) is 25.7 Å². The zero-order valence-corrected chi connectivity index (χ0v) is 22.9. The highest BCUT2D eigenvalue weighted by Gasteiger charge is 2.21. The van der Waals surface area contributed by atoms with Crippen LogP contribution in [0.5, 0.6) is 0 Å². The number of nitrogens with one attached hydrogen (secondary N) is 3. The Morgan fingerprint density at radius 3 is 1.71 bits per heavy atom. The molecule has 0 spiro atoms. The highest BCUT2D eigenvalue weighted by Crippen LogP contribution is 2.27. The van der Waals surface area contributed by atoms with Crippen LogP contribution < -0.4 is 16.0 Å². The van der Waals surface area contributed by atoms with E-state index >= 15 is 0 Å². The van der Waals surface area contributed by atoms with Crippen LogP contribution in [0.1, 0.15) is 90.4 Å². The predicted molar refractivity (Wildman–Crippen MR) is 146 cm³/mol. The molecule has 2 amide bonds. The smallest absolute Gasteiger partial charge is 0.314 e. The number of hydrogen-bond acceptors (Lipinski definition) is 5. The molecule has 7 nitrogen and oxygen atoms in total. The quantitative estimate of drug-likeness (QED) is 0.251. The maximum absolute atomic E-state index is 11.9. The molecule has 0 aliphatic carbocycles. The SMILES string of the molecule is CNCCCN1CCC(CCCC2CCN(CCCNC(=O)NCCCCCC(C)=O)CC2)CC1. The molecule has 2 rings (SSSR count). The monoisotopic (exact) mass is 493 g/mol. The molecule has 2 aliphatic rings. The van der Waals surface area contributed by atoms with E-state index in [9.17, 15) is 9.59 Å². The lowest BCUT2D eigenvalue weighted by Gasteiger charge is -2.33. The molecule has 0 radical (unpaired) electrons. The second-order valence-corrected chi connectivity index (χ2v) is 11.0. The van der Waals surface area contributed by atoms with Gasteiger partial charge in [0, 0.05) is 19.5 Å². The van der Waals surface area contributed by atoms with E-state index in [1.54, 1.807) is 6.92 Å². The van der Waals surface area contributed by atoms with Gasteiger partial charge >= 0.3 is 6.03 Å². The van der Waals surface area contributed by atoms with Crippen molar-refractivity contribution >= 4 is 11.8 Å². The van der Waals surface area contributed by atoms with Crippen molar-refractivity contribution in [3.63, 3.8) is 0 Å². The summed E-state index contributed by atoms with van der Waals surface area (Å²) in [6.45, 7) is 11.6. The molecule has 0 aromatic rings. The van der Waals surface area contributed by atoms with Crippen LogP contribution in [0.2, 0.25) is 0 Å². The third kappa shape index (κ3) is 14.8. The molecule has 2 saturated heterocycles. The van der Waals surface area contributed by atoms with Crippen molar-refractivity contribution in [1.29, 1.82) is 0 Å². The fraction of sp³-hybridized carbons (Fsp3) is 0.929. The van der Waals surface area contributed by atoms with E-state index < -0.39 is 0 Å².